The van der Waals surface area contributed by atoms with Crippen LogP contribution in [0.4, 0.5) is 13.2 Å². The van der Waals surface area contributed by atoms with Crippen molar-refractivity contribution in [1.29, 1.82) is 0 Å². The lowest BCUT2D eigenvalue weighted by molar-refractivity contribution is -0.208. The lowest BCUT2D eigenvalue weighted by atomic mass is 9.90. The van der Waals surface area contributed by atoms with Crippen molar-refractivity contribution in [3.63, 3.8) is 0 Å². The minimum Gasteiger partial charge on any atom is -0.382 e. The molecule has 1 rings (SSSR count). The first kappa shape index (κ1) is 14.7. The van der Waals surface area contributed by atoms with E-state index in [-0.39, 0.29) is 6.54 Å². The van der Waals surface area contributed by atoms with Crippen LogP contribution in [0.5, 0.6) is 0 Å². The van der Waals surface area contributed by atoms with E-state index >= 15 is 0 Å². The van der Waals surface area contributed by atoms with Crippen molar-refractivity contribution in [1.82, 2.24) is 10.2 Å². The van der Waals surface area contributed by atoms with Gasteiger partial charge in [-0.2, -0.15) is 13.2 Å². The van der Waals surface area contributed by atoms with Gasteiger partial charge in [-0.1, -0.05) is 0 Å². The minimum absolute atomic E-state index is 0.301. The van der Waals surface area contributed by atoms with Crippen LogP contribution in [-0.4, -0.2) is 55.0 Å². The molecule has 0 radical (unpaired) electrons. The summed E-state index contributed by atoms with van der Waals surface area (Å²) in [6.07, 6.45) is -4.96. The van der Waals surface area contributed by atoms with Gasteiger partial charge in [0.2, 0.25) is 0 Å². The average Bonchev–Trinajstić information content (AvgIpc) is 2.27. The summed E-state index contributed by atoms with van der Waals surface area (Å²) in [5, 5.41) is 12.1. The number of nitrogens with one attached hydrogen (secondary N) is 1. The molecular formula is C11H21F3N2O. The van der Waals surface area contributed by atoms with Crippen molar-refractivity contribution in [3.8, 4) is 0 Å². The van der Waals surface area contributed by atoms with Crippen molar-refractivity contribution >= 4 is 0 Å². The molecule has 6 heteroatoms. The second kappa shape index (κ2) is 6.02. The van der Waals surface area contributed by atoms with Gasteiger partial charge in [0.05, 0.1) is 0 Å². The van der Waals surface area contributed by atoms with E-state index < -0.39 is 12.3 Å². The molecule has 0 spiro atoms. The monoisotopic (exact) mass is 254 g/mol. The van der Waals surface area contributed by atoms with Crippen LogP contribution in [0.1, 0.15) is 19.8 Å². The molecule has 1 aliphatic heterocycles. The molecule has 0 bridgehead atoms. The predicted octanol–water partition coefficient (Wildman–Crippen LogP) is 1.23. The number of nitrogens with zero attached hydrogens (tertiary/aromatic N) is 1. The van der Waals surface area contributed by atoms with Gasteiger partial charge < -0.3 is 15.3 Å². The number of hydrogen-bond donors (Lipinski definition) is 2. The Balaban J connectivity index is 2.33. The van der Waals surface area contributed by atoms with Crippen LogP contribution in [0.3, 0.4) is 0 Å². The third-order valence-corrected chi connectivity index (χ3v) is 3.60. The maximum Gasteiger partial charge on any atom is 0.415 e. The molecule has 3 nitrogen and oxygen atoms in total. The van der Waals surface area contributed by atoms with Gasteiger partial charge in [-0.3, -0.25) is 0 Å². The molecule has 1 heterocycles. The Kier molecular flexibility index (Phi) is 5.22. The molecule has 2 unspecified atom stereocenters. The molecule has 17 heavy (non-hydrogen) atoms. The average molecular weight is 254 g/mol. The smallest absolute Gasteiger partial charge is 0.382 e. The fourth-order valence-electron chi connectivity index (χ4n) is 2.22. The highest BCUT2D eigenvalue weighted by molar-refractivity contribution is 4.80. The molecule has 2 N–H and O–H groups in total. The van der Waals surface area contributed by atoms with Crippen LogP contribution in [0.15, 0.2) is 0 Å². The minimum atomic E-state index is -4.50. The first-order valence-corrected chi connectivity index (χ1v) is 5.99. The maximum absolute atomic E-state index is 12.2. The zero-order chi connectivity index (χ0) is 13.1. The number of rotatable bonds is 4. The summed E-state index contributed by atoms with van der Waals surface area (Å²) in [6.45, 7) is 3.04. The SMILES string of the molecule is CNC(C)C1CCN(CC(O)C(F)(F)F)CC1. The second-order valence-electron chi connectivity index (χ2n) is 4.77. The van der Waals surface area contributed by atoms with Gasteiger partial charge >= 0.3 is 6.18 Å². The van der Waals surface area contributed by atoms with Gasteiger partial charge in [0.15, 0.2) is 6.10 Å². The zero-order valence-corrected chi connectivity index (χ0v) is 10.3. The van der Waals surface area contributed by atoms with Gasteiger partial charge in [-0.05, 0) is 45.8 Å². The van der Waals surface area contributed by atoms with Crippen LogP contribution < -0.4 is 5.32 Å². The normalized spacial score (nSPS) is 23.6. The molecule has 0 aliphatic carbocycles. The summed E-state index contributed by atoms with van der Waals surface area (Å²) >= 11 is 0. The molecule has 1 saturated heterocycles. The van der Waals surface area contributed by atoms with Crippen molar-refractivity contribution < 1.29 is 18.3 Å². The topological polar surface area (TPSA) is 35.5 Å². The number of halogens is 3. The molecule has 0 amide bonds. The highest BCUT2D eigenvalue weighted by atomic mass is 19.4. The van der Waals surface area contributed by atoms with Crippen LogP contribution >= 0.6 is 0 Å². The first-order chi connectivity index (χ1) is 7.84. The molecule has 0 saturated carbocycles. The molecule has 1 fully saturated rings. The number of alkyl halides is 3. The van der Waals surface area contributed by atoms with Gasteiger partial charge in [0.1, 0.15) is 0 Å². The van der Waals surface area contributed by atoms with Crippen molar-refractivity contribution in [3.05, 3.63) is 0 Å². The van der Waals surface area contributed by atoms with Crippen molar-refractivity contribution in [2.75, 3.05) is 26.7 Å². The van der Waals surface area contributed by atoms with Crippen LogP contribution in [-0.2, 0) is 0 Å². The number of hydrogen-bond acceptors (Lipinski definition) is 3. The summed E-state index contributed by atoms with van der Waals surface area (Å²) < 4.78 is 36.5. The van der Waals surface area contributed by atoms with Crippen LogP contribution in [0.2, 0.25) is 0 Å². The first-order valence-electron chi connectivity index (χ1n) is 5.99. The Bertz CT molecular complexity index is 227. The Hall–Kier alpha value is -0.330. The lowest BCUT2D eigenvalue weighted by Gasteiger charge is -2.35. The number of piperidine rings is 1. The van der Waals surface area contributed by atoms with E-state index in [2.05, 4.69) is 12.2 Å². The van der Waals surface area contributed by atoms with E-state index in [9.17, 15) is 13.2 Å². The molecule has 1 aliphatic rings. The summed E-state index contributed by atoms with van der Waals surface area (Å²) in [5.41, 5.74) is 0. The molecule has 102 valence electrons. The van der Waals surface area contributed by atoms with E-state index in [1.54, 1.807) is 4.90 Å². The number of aliphatic hydroxyl groups excluding tert-OH is 1. The quantitative estimate of drug-likeness (QED) is 0.792. The highest BCUT2D eigenvalue weighted by Crippen LogP contribution is 2.24. The molecule has 0 aromatic rings. The molecular weight excluding hydrogens is 233 g/mol. The van der Waals surface area contributed by atoms with Gasteiger partial charge in [-0.15, -0.1) is 0 Å². The molecule has 2 atom stereocenters. The Morgan fingerprint density at radius 3 is 2.29 bits per heavy atom. The summed E-state index contributed by atoms with van der Waals surface area (Å²) in [6, 6.07) is 0.393. The van der Waals surface area contributed by atoms with Gasteiger partial charge in [0.25, 0.3) is 0 Å². The molecule has 0 aromatic heterocycles. The summed E-state index contributed by atoms with van der Waals surface area (Å²) in [4.78, 5) is 1.69. The second-order valence-corrected chi connectivity index (χ2v) is 4.77. The highest BCUT2D eigenvalue weighted by Gasteiger charge is 2.39. The largest absolute Gasteiger partial charge is 0.415 e. The van der Waals surface area contributed by atoms with Crippen molar-refractivity contribution in [2.24, 2.45) is 5.92 Å². The van der Waals surface area contributed by atoms with Gasteiger partial charge in [0, 0.05) is 12.6 Å². The Morgan fingerprint density at radius 2 is 1.88 bits per heavy atom. The standard InChI is InChI=1S/C11H21F3N2O/c1-8(15-2)9-3-5-16(6-4-9)7-10(17)11(12,13)14/h8-10,15,17H,3-7H2,1-2H3. The third kappa shape index (κ3) is 4.44. The number of likely N-dealkylation sites (tertiary alicyclic amines) is 1. The van der Waals surface area contributed by atoms with E-state index in [4.69, 9.17) is 5.11 Å². The summed E-state index contributed by atoms with van der Waals surface area (Å²) in [5.74, 6) is 0.513. The van der Waals surface area contributed by atoms with Crippen LogP contribution in [0.25, 0.3) is 0 Å². The van der Waals surface area contributed by atoms with E-state index in [0.717, 1.165) is 12.8 Å². The third-order valence-electron chi connectivity index (χ3n) is 3.60. The number of aliphatic hydroxyl groups is 1. The maximum atomic E-state index is 12.2. The lowest BCUT2D eigenvalue weighted by Crippen LogP contribution is -2.46. The van der Waals surface area contributed by atoms with Crippen molar-refractivity contribution in [2.45, 2.75) is 38.1 Å². The van der Waals surface area contributed by atoms with E-state index in [0.29, 0.717) is 25.0 Å². The Morgan fingerprint density at radius 1 is 1.35 bits per heavy atom. The summed E-state index contributed by atoms with van der Waals surface area (Å²) in [7, 11) is 1.89. The van der Waals surface area contributed by atoms with Gasteiger partial charge in [-0.25, -0.2) is 0 Å². The van der Waals surface area contributed by atoms with E-state index in [1.807, 2.05) is 7.05 Å². The fraction of sp³-hybridized carbons (Fsp3) is 1.00. The van der Waals surface area contributed by atoms with Crippen LogP contribution in [0, 0.1) is 5.92 Å². The number of β-amino-alcohol motifs (C(OH)–C–C–N with tert-alkyl or cyclic N) is 1. The zero-order valence-electron chi connectivity index (χ0n) is 10.3. The fourth-order valence-corrected chi connectivity index (χ4v) is 2.22. The predicted molar refractivity (Wildman–Crippen MR) is 59.7 cm³/mol. The van der Waals surface area contributed by atoms with E-state index in [1.165, 1.54) is 0 Å². The molecule has 0 aromatic carbocycles. The Labute approximate surface area is 100.0 Å².